The summed E-state index contributed by atoms with van der Waals surface area (Å²) in [7, 11) is 0. The van der Waals surface area contributed by atoms with Crippen molar-refractivity contribution in [3.05, 3.63) is 100 Å². The van der Waals surface area contributed by atoms with Crippen LogP contribution in [0.5, 0.6) is 5.75 Å². The molecule has 2 heterocycles. The van der Waals surface area contributed by atoms with E-state index in [9.17, 15) is 18.0 Å². The molecule has 2 aromatic heterocycles. The number of aryl methyl sites for hydroxylation is 3. The number of anilines is 1. The van der Waals surface area contributed by atoms with Crippen molar-refractivity contribution in [1.82, 2.24) is 9.78 Å². The van der Waals surface area contributed by atoms with E-state index in [0.29, 0.717) is 17.0 Å². The van der Waals surface area contributed by atoms with Crippen molar-refractivity contribution in [3.63, 3.8) is 0 Å². The maximum absolute atomic E-state index is 13.0. The largest absolute Gasteiger partial charge is 0.485 e. The molecule has 182 valence electrons. The van der Waals surface area contributed by atoms with Crippen LogP contribution < -0.4 is 10.1 Å². The highest BCUT2D eigenvalue weighted by Gasteiger charge is 2.30. The molecule has 0 aliphatic carbocycles. The van der Waals surface area contributed by atoms with E-state index in [1.165, 1.54) is 10.7 Å². The number of benzene rings is 2. The van der Waals surface area contributed by atoms with Gasteiger partial charge in [0.2, 0.25) is 0 Å². The van der Waals surface area contributed by atoms with Crippen molar-refractivity contribution in [2.24, 2.45) is 0 Å². The van der Waals surface area contributed by atoms with Gasteiger partial charge in [-0.15, -0.1) is 0 Å². The minimum Gasteiger partial charge on any atom is -0.485 e. The summed E-state index contributed by atoms with van der Waals surface area (Å²) < 4.78 is 51.9. The van der Waals surface area contributed by atoms with E-state index in [0.717, 1.165) is 29.0 Å². The van der Waals surface area contributed by atoms with Crippen LogP contribution in [-0.4, -0.2) is 15.7 Å². The predicted molar refractivity (Wildman–Crippen MR) is 124 cm³/mol. The van der Waals surface area contributed by atoms with E-state index in [-0.39, 0.29) is 24.7 Å². The number of halogens is 3. The summed E-state index contributed by atoms with van der Waals surface area (Å²) in [5.74, 6) is 1.13. The Morgan fingerprint density at radius 1 is 1.03 bits per heavy atom. The van der Waals surface area contributed by atoms with Crippen LogP contribution in [0.1, 0.15) is 44.3 Å². The molecule has 0 saturated heterocycles. The van der Waals surface area contributed by atoms with Gasteiger partial charge in [0.15, 0.2) is 11.6 Å². The van der Waals surface area contributed by atoms with E-state index in [1.54, 1.807) is 31.2 Å². The Labute approximate surface area is 200 Å². The van der Waals surface area contributed by atoms with Gasteiger partial charge in [0, 0.05) is 11.8 Å². The molecule has 0 fully saturated rings. The quantitative estimate of drug-likeness (QED) is 0.335. The molecular formula is C26H24F3N3O3. The summed E-state index contributed by atoms with van der Waals surface area (Å²) in [4.78, 5) is 12.6. The molecule has 1 amide bonds. The Morgan fingerprint density at radius 3 is 2.46 bits per heavy atom. The van der Waals surface area contributed by atoms with Gasteiger partial charge in [0.05, 0.1) is 12.1 Å². The number of para-hydroxylation sites is 1. The van der Waals surface area contributed by atoms with Crippen LogP contribution in [-0.2, 0) is 19.3 Å². The summed E-state index contributed by atoms with van der Waals surface area (Å²) >= 11 is 0. The van der Waals surface area contributed by atoms with E-state index < -0.39 is 17.6 Å². The monoisotopic (exact) mass is 483 g/mol. The van der Waals surface area contributed by atoms with Crippen LogP contribution in [0.25, 0.3) is 0 Å². The lowest BCUT2D eigenvalue weighted by Gasteiger charge is -2.10. The summed E-state index contributed by atoms with van der Waals surface area (Å²) in [6.07, 6.45) is -4.42. The van der Waals surface area contributed by atoms with Crippen molar-refractivity contribution in [3.8, 4) is 5.75 Å². The zero-order chi connectivity index (χ0) is 25.2. The highest BCUT2D eigenvalue weighted by atomic mass is 19.4. The summed E-state index contributed by atoms with van der Waals surface area (Å²) in [5, 5.41) is 6.96. The molecule has 0 unspecified atom stereocenters. The minimum atomic E-state index is -4.42. The molecule has 2 aromatic carbocycles. The Morgan fingerprint density at radius 2 is 1.74 bits per heavy atom. The second kappa shape index (κ2) is 9.69. The highest BCUT2D eigenvalue weighted by Crippen LogP contribution is 2.30. The second-order valence-corrected chi connectivity index (χ2v) is 8.26. The molecule has 4 rings (SSSR count). The van der Waals surface area contributed by atoms with E-state index in [1.807, 2.05) is 32.0 Å². The first-order valence-electron chi connectivity index (χ1n) is 10.9. The van der Waals surface area contributed by atoms with Gasteiger partial charge in [0.25, 0.3) is 5.91 Å². The summed E-state index contributed by atoms with van der Waals surface area (Å²) in [6, 6.07) is 15.8. The molecule has 6 nitrogen and oxygen atoms in total. The number of hydrogen-bond acceptors (Lipinski definition) is 4. The van der Waals surface area contributed by atoms with Gasteiger partial charge in [-0.05, 0) is 61.7 Å². The fraction of sp³-hybridized carbons (Fsp3) is 0.231. The molecule has 1 N–H and O–H groups in total. The Bertz CT molecular complexity index is 1340. The number of furan rings is 1. The van der Waals surface area contributed by atoms with Gasteiger partial charge < -0.3 is 14.5 Å². The molecule has 35 heavy (non-hydrogen) atoms. The van der Waals surface area contributed by atoms with Crippen molar-refractivity contribution in [2.75, 3.05) is 5.32 Å². The molecule has 0 bridgehead atoms. The standard InChI is InChI=1S/C26H24F3N3O3/c1-16-6-4-7-17(2)24(16)34-15-21-10-11-22(35-21)25(33)30-23-12-18(3)32(31-23)14-19-8-5-9-20(13-19)26(27,28)29/h4-13H,14-15H2,1-3H3,(H,30,31,33). The molecule has 0 radical (unpaired) electrons. The van der Waals surface area contributed by atoms with Crippen molar-refractivity contribution in [1.29, 1.82) is 0 Å². The number of aromatic nitrogens is 2. The first-order valence-corrected chi connectivity index (χ1v) is 10.9. The van der Waals surface area contributed by atoms with Gasteiger partial charge in [-0.2, -0.15) is 18.3 Å². The van der Waals surface area contributed by atoms with Crippen LogP contribution in [0.3, 0.4) is 0 Å². The van der Waals surface area contributed by atoms with E-state index in [4.69, 9.17) is 9.15 Å². The second-order valence-electron chi connectivity index (χ2n) is 8.26. The van der Waals surface area contributed by atoms with Gasteiger partial charge in [0.1, 0.15) is 18.1 Å². The van der Waals surface area contributed by atoms with Crippen molar-refractivity contribution < 1.29 is 27.1 Å². The Kier molecular flexibility index (Phi) is 6.68. The fourth-order valence-corrected chi connectivity index (χ4v) is 3.68. The summed E-state index contributed by atoms with van der Waals surface area (Å²) in [5.41, 5.74) is 2.42. The third-order valence-electron chi connectivity index (χ3n) is 5.46. The van der Waals surface area contributed by atoms with E-state index >= 15 is 0 Å². The van der Waals surface area contributed by atoms with Crippen LogP contribution in [0, 0.1) is 20.8 Å². The number of alkyl halides is 3. The third kappa shape index (κ3) is 5.74. The first kappa shape index (κ1) is 24.1. The first-order chi connectivity index (χ1) is 16.6. The van der Waals surface area contributed by atoms with Crippen molar-refractivity contribution in [2.45, 2.75) is 40.1 Å². The average molecular weight is 483 g/mol. The van der Waals surface area contributed by atoms with Crippen molar-refractivity contribution >= 4 is 11.7 Å². The highest BCUT2D eigenvalue weighted by molar-refractivity contribution is 6.01. The van der Waals surface area contributed by atoms with Crippen LogP contribution >= 0.6 is 0 Å². The number of hydrogen-bond donors (Lipinski definition) is 1. The number of amides is 1. The number of rotatable bonds is 7. The third-order valence-corrected chi connectivity index (χ3v) is 5.46. The van der Waals surface area contributed by atoms with E-state index in [2.05, 4.69) is 10.4 Å². The lowest BCUT2D eigenvalue weighted by molar-refractivity contribution is -0.137. The smallest absolute Gasteiger partial charge is 0.416 e. The minimum absolute atomic E-state index is 0.0928. The van der Waals surface area contributed by atoms with Gasteiger partial charge in [-0.3, -0.25) is 9.48 Å². The molecule has 9 heteroatoms. The van der Waals surface area contributed by atoms with Crippen LogP contribution in [0.2, 0.25) is 0 Å². The number of ether oxygens (including phenoxy) is 1. The predicted octanol–water partition coefficient (Wildman–Crippen LogP) is 6.30. The number of carbonyl (C=O) groups is 1. The molecule has 0 saturated carbocycles. The zero-order valence-corrected chi connectivity index (χ0v) is 19.4. The number of nitrogens with one attached hydrogen (secondary N) is 1. The van der Waals surface area contributed by atoms with Gasteiger partial charge in [-0.1, -0.05) is 30.3 Å². The topological polar surface area (TPSA) is 69.3 Å². The molecule has 4 aromatic rings. The number of carbonyl (C=O) groups excluding carboxylic acids is 1. The van der Waals surface area contributed by atoms with Crippen LogP contribution in [0.15, 0.2) is 65.1 Å². The Balaban J connectivity index is 1.40. The average Bonchev–Trinajstić information content (AvgIpc) is 3.40. The normalized spacial score (nSPS) is 11.5. The molecule has 0 aliphatic heterocycles. The molecule has 0 atom stereocenters. The van der Waals surface area contributed by atoms with Gasteiger partial charge >= 0.3 is 6.18 Å². The zero-order valence-electron chi connectivity index (χ0n) is 19.4. The maximum Gasteiger partial charge on any atom is 0.416 e. The molecular weight excluding hydrogens is 459 g/mol. The lowest BCUT2D eigenvalue weighted by Crippen LogP contribution is -2.12. The molecule has 0 spiro atoms. The Hall–Kier alpha value is -4.01. The SMILES string of the molecule is Cc1cccc(C)c1OCc1ccc(C(=O)Nc2cc(C)n(Cc3cccc(C(F)(F)F)c3)n2)o1. The number of nitrogens with zero attached hydrogens (tertiary/aromatic N) is 2. The fourth-order valence-electron chi connectivity index (χ4n) is 3.68. The molecule has 0 aliphatic rings. The van der Waals surface area contributed by atoms with Gasteiger partial charge in [-0.25, -0.2) is 0 Å². The maximum atomic E-state index is 13.0. The summed E-state index contributed by atoms with van der Waals surface area (Å²) in [6.45, 7) is 5.97. The lowest BCUT2D eigenvalue weighted by atomic mass is 10.1. The van der Waals surface area contributed by atoms with Crippen LogP contribution in [0.4, 0.5) is 19.0 Å².